The fraction of sp³-hybridized carbons (Fsp3) is 0.571. The number of sulfone groups is 1. The van der Waals surface area contributed by atoms with Gasteiger partial charge in [0, 0.05) is 39.0 Å². The van der Waals surface area contributed by atoms with E-state index in [0.717, 1.165) is 0 Å². The van der Waals surface area contributed by atoms with Gasteiger partial charge in [0.15, 0.2) is 0 Å². The Hall–Kier alpha value is -1.45. The SMILES string of the molecule is CS(=O)(=O)CCN1CCN(C(=O)CNC(=O)c2cccs2)CC1. The summed E-state index contributed by atoms with van der Waals surface area (Å²) in [6, 6.07) is 3.50. The number of piperazine rings is 1. The highest BCUT2D eigenvalue weighted by Gasteiger charge is 2.22. The number of carbonyl (C=O) groups is 2. The summed E-state index contributed by atoms with van der Waals surface area (Å²) in [5.41, 5.74) is 0. The first-order chi connectivity index (χ1) is 10.8. The molecule has 23 heavy (non-hydrogen) atoms. The van der Waals surface area contributed by atoms with Gasteiger partial charge in [0.05, 0.1) is 17.2 Å². The van der Waals surface area contributed by atoms with Crippen molar-refractivity contribution < 1.29 is 18.0 Å². The van der Waals surface area contributed by atoms with Gasteiger partial charge in [-0.15, -0.1) is 11.3 Å². The van der Waals surface area contributed by atoms with Crippen LogP contribution in [-0.2, 0) is 14.6 Å². The van der Waals surface area contributed by atoms with Gasteiger partial charge in [-0.3, -0.25) is 14.5 Å². The number of amides is 2. The van der Waals surface area contributed by atoms with Crippen LogP contribution in [0.15, 0.2) is 17.5 Å². The third-order valence-corrected chi connectivity index (χ3v) is 5.44. The highest BCUT2D eigenvalue weighted by molar-refractivity contribution is 7.90. The zero-order valence-corrected chi connectivity index (χ0v) is 14.7. The zero-order valence-electron chi connectivity index (χ0n) is 13.0. The lowest BCUT2D eigenvalue weighted by Gasteiger charge is -2.34. The van der Waals surface area contributed by atoms with E-state index in [2.05, 4.69) is 5.32 Å². The second-order valence-electron chi connectivity index (χ2n) is 5.51. The molecule has 1 fully saturated rings. The first-order valence-electron chi connectivity index (χ1n) is 7.35. The van der Waals surface area contributed by atoms with Gasteiger partial charge in [-0.2, -0.15) is 0 Å². The van der Waals surface area contributed by atoms with Crippen LogP contribution in [0.25, 0.3) is 0 Å². The maximum absolute atomic E-state index is 12.1. The molecule has 1 aliphatic rings. The molecule has 1 N–H and O–H groups in total. The molecule has 0 spiro atoms. The van der Waals surface area contributed by atoms with Crippen LogP contribution in [0.1, 0.15) is 9.67 Å². The van der Waals surface area contributed by atoms with E-state index in [0.29, 0.717) is 37.6 Å². The molecule has 2 heterocycles. The molecule has 1 saturated heterocycles. The van der Waals surface area contributed by atoms with Crippen molar-refractivity contribution in [3.63, 3.8) is 0 Å². The monoisotopic (exact) mass is 359 g/mol. The molecular formula is C14H21N3O4S2. The summed E-state index contributed by atoms with van der Waals surface area (Å²) >= 11 is 1.33. The van der Waals surface area contributed by atoms with Gasteiger partial charge in [-0.05, 0) is 11.4 Å². The molecule has 0 atom stereocenters. The van der Waals surface area contributed by atoms with Crippen LogP contribution in [0, 0.1) is 0 Å². The first kappa shape index (κ1) is 17.9. The van der Waals surface area contributed by atoms with E-state index in [1.165, 1.54) is 17.6 Å². The Bertz CT molecular complexity index is 635. The molecule has 0 radical (unpaired) electrons. The van der Waals surface area contributed by atoms with Crippen molar-refractivity contribution in [2.45, 2.75) is 0 Å². The Morgan fingerprint density at radius 2 is 1.96 bits per heavy atom. The van der Waals surface area contributed by atoms with Crippen LogP contribution >= 0.6 is 11.3 Å². The van der Waals surface area contributed by atoms with E-state index < -0.39 is 9.84 Å². The average molecular weight is 359 g/mol. The molecule has 9 heteroatoms. The van der Waals surface area contributed by atoms with Gasteiger partial charge in [0.25, 0.3) is 5.91 Å². The van der Waals surface area contributed by atoms with Gasteiger partial charge in [-0.1, -0.05) is 6.07 Å². The van der Waals surface area contributed by atoms with E-state index >= 15 is 0 Å². The second kappa shape index (κ2) is 7.89. The molecule has 1 aliphatic heterocycles. The molecule has 0 bridgehead atoms. The van der Waals surface area contributed by atoms with Gasteiger partial charge in [-0.25, -0.2) is 8.42 Å². The number of nitrogens with zero attached hydrogens (tertiary/aromatic N) is 2. The van der Waals surface area contributed by atoms with E-state index in [1.54, 1.807) is 17.0 Å². The predicted molar refractivity (Wildman–Crippen MR) is 89.4 cm³/mol. The number of hydrogen-bond acceptors (Lipinski definition) is 6. The van der Waals surface area contributed by atoms with Crippen molar-refractivity contribution in [2.75, 3.05) is 51.3 Å². The minimum atomic E-state index is -2.96. The number of hydrogen-bond donors (Lipinski definition) is 1. The van der Waals surface area contributed by atoms with E-state index in [4.69, 9.17) is 0 Å². The Kier molecular flexibility index (Phi) is 6.14. The zero-order chi connectivity index (χ0) is 16.9. The van der Waals surface area contributed by atoms with Gasteiger partial charge >= 0.3 is 0 Å². The molecule has 0 unspecified atom stereocenters. The fourth-order valence-corrected chi connectivity index (χ4v) is 3.51. The number of nitrogens with one attached hydrogen (secondary N) is 1. The summed E-state index contributed by atoms with van der Waals surface area (Å²) in [6.07, 6.45) is 1.23. The van der Waals surface area contributed by atoms with Crippen LogP contribution in [0.3, 0.4) is 0 Å². The lowest BCUT2D eigenvalue weighted by molar-refractivity contribution is -0.131. The maximum atomic E-state index is 12.1. The molecule has 1 aromatic rings. The quantitative estimate of drug-likeness (QED) is 0.751. The molecule has 0 aromatic carbocycles. The van der Waals surface area contributed by atoms with Gasteiger partial charge < -0.3 is 10.2 Å². The maximum Gasteiger partial charge on any atom is 0.261 e. The highest BCUT2D eigenvalue weighted by Crippen LogP contribution is 2.08. The lowest BCUT2D eigenvalue weighted by atomic mass is 10.3. The molecule has 1 aromatic heterocycles. The summed E-state index contributed by atoms with van der Waals surface area (Å²) in [4.78, 5) is 28.2. The topological polar surface area (TPSA) is 86.8 Å². The van der Waals surface area contributed by atoms with Crippen molar-refractivity contribution in [1.29, 1.82) is 0 Å². The smallest absolute Gasteiger partial charge is 0.261 e. The Morgan fingerprint density at radius 1 is 1.26 bits per heavy atom. The average Bonchev–Trinajstić information content (AvgIpc) is 3.04. The van der Waals surface area contributed by atoms with E-state index in [1.807, 2.05) is 10.3 Å². The largest absolute Gasteiger partial charge is 0.342 e. The molecule has 2 amide bonds. The predicted octanol–water partition coefficient (Wildman–Crippen LogP) is -0.333. The van der Waals surface area contributed by atoms with Crippen LogP contribution in [0.5, 0.6) is 0 Å². The third kappa shape index (κ3) is 5.92. The Labute approximate surface area is 140 Å². The lowest BCUT2D eigenvalue weighted by Crippen LogP contribution is -2.51. The first-order valence-corrected chi connectivity index (χ1v) is 10.3. The van der Waals surface area contributed by atoms with Crippen LogP contribution in [-0.4, -0.2) is 81.3 Å². The van der Waals surface area contributed by atoms with E-state index in [9.17, 15) is 18.0 Å². The summed E-state index contributed by atoms with van der Waals surface area (Å²) in [5, 5.41) is 4.44. The minimum absolute atomic E-state index is 0.0138. The summed E-state index contributed by atoms with van der Waals surface area (Å²) in [7, 11) is -2.96. The minimum Gasteiger partial charge on any atom is -0.342 e. The number of carbonyl (C=O) groups excluding carboxylic acids is 2. The molecule has 0 aliphatic carbocycles. The molecule has 128 valence electrons. The summed E-state index contributed by atoms with van der Waals surface area (Å²) < 4.78 is 22.3. The number of rotatable bonds is 6. The van der Waals surface area contributed by atoms with Crippen LogP contribution in [0.2, 0.25) is 0 Å². The second-order valence-corrected chi connectivity index (χ2v) is 8.72. The van der Waals surface area contributed by atoms with Crippen molar-refractivity contribution >= 4 is 33.0 Å². The normalized spacial score (nSPS) is 16.3. The van der Waals surface area contributed by atoms with E-state index in [-0.39, 0.29) is 24.1 Å². The fourth-order valence-electron chi connectivity index (χ4n) is 2.28. The summed E-state index contributed by atoms with van der Waals surface area (Å²) in [6.45, 7) is 2.89. The molecule has 2 rings (SSSR count). The molecule has 0 saturated carbocycles. The third-order valence-electron chi connectivity index (χ3n) is 3.65. The van der Waals surface area contributed by atoms with Gasteiger partial charge in [0.2, 0.25) is 5.91 Å². The van der Waals surface area contributed by atoms with Crippen LogP contribution < -0.4 is 5.32 Å². The highest BCUT2D eigenvalue weighted by atomic mass is 32.2. The Morgan fingerprint density at radius 3 is 2.52 bits per heavy atom. The van der Waals surface area contributed by atoms with Crippen molar-refractivity contribution in [1.82, 2.24) is 15.1 Å². The summed E-state index contributed by atoms with van der Waals surface area (Å²) in [5.74, 6) is -0.213. The van der Waals surface area contributed by atoms with Crippen molar-refractivity contribution in [2.24, 2.45) is 0 Å². The number of thiophene rings is 1. The van der Waals surface area contributed by atoms with Crippen LogP contribution in [0.4, 0.5) is 0 Å². The van der Waals surface area contributed by atoms with Gasteiger partial charge in [0.1, 0.15) is 9.84 Å². The van der Waals surface area contributed by atoms with Crippen molar-refractivity contribution in [3.05, 3.63) is 22.4 Å². The van der Waals surface area contributed by atoms with Crippen molar-refractivity contribution in [3.8, 4) is 0 Å². The Balaban J connectivity index is 1.70. The standard InChI is InChI=1S/C14H21N3O4S2/c1-23(20,21)10-8-16-4-6-17(7-5-16)13(18)11-15-14(19)12-3-2-9-22-12/h2-3,9H,4-8,10-11H2,1H3,(H,15,19). The molecule has 7 nitrogen and oxygen atoms in total. The molecular weight excluding hydrogens is 338 g/mol.